The predicted octanol–water partition coefficient (Wildman–Crippen LogP) is 1.93. The van der Waals surface area contributed by atoms with Crippen molar-refractivity contribution in [3.8, 4) is 0 Å². The number of nitrogen functional groups attached to an aromatic ring is 1. The summed E-state index contributed by atoms with van der Waals surface area (Å²) in [4.78, 5) is 32.2. The van der Waals surface area contributed by atoms with Gasteiger partial charge in [-0.05, 0) is 37.5 Å². The topological polar surface area (TPSA) is 119 Å². The zero-order chi connectivity index (χ0) is 23.2. The monoisotopic (exact) mass is 499 g/mol. The number of benzene rings is 1. The van der Waals surface area contributed by atoms with Crippen molar-refractivity contribution in [3.05, 3.63) is 55.4 Å². The summed E-state index contributed by atoms with van der Waals surface area (Å²) < 4.78 is 26.7. The SMILES string of the molecule is CS(=O)(=O)N1CCCC(n2c(N)nc3c(c2=O)CCN(C(=O)c2ccc(Cl)c(Cl)c2)C3)C1. The summed E-state index contributed by atoms with van der Waals surface area (Å²) in [6.45, 7) is 1.10. The maximum Gasteiger partial charge on any atom is 0.258 e. The summed E-state index contributed by atoms with van der Waals surface area (Å²) in [5.74, 6) is -0.215. The zero-order valence-electron chi connectivity index (χ0n) is 17.4. The lowest BCUT2D eigenvalue weighted by atomic mass is 10.0. The lowest BCUT2D eigenvalue weighted by Crippen LogP contribution is -2.45. The van der Waals surface area contributed by atoms with Crippen molar-refractivity contribution in [1.82, 2.24) is 18.8 Å². The second kappa shape index (κ2) is 8.66. The van der Waals surface area contributed by atoms with Gasteiger partial charge in [0.05, 0.1) is 34.6 Å². The van der Waals surface area contributed by atoms with E-state index in [1.807, 2.05) is 0 Å². The number of carbonyl (C=O) groups is 1. The molecule has 1 fully saturated rings. The van der Waals surface area contributed by atoms with Crippen molar-refractivity contribution in [2.75, 3.05) is 31.6 Å². The van der Waals surface area contributed by atoms with Crippen LogP contribution in [0.3, 0.4) is 0 Å². The molecule has 1 amide bonds. The number of hydrogen-bond acceptors (Lipinski definition) is 6. The summed E-state index contributed by atoms with van der Waals surface area (Å²) in [6, 6.07) is 4.30. The van der Waals surface area contributed by atoms with Crippen LogP contribution in [0.5, 0.6) is 0 Å². The van der Waals surface area contributed by atoms with Crippen LogP contribution in [-0.2, 0) is 23.0 Å². The van der Waals surface area contributed by atoms with Gasteiger partial charge in [-0.15, -0.1) is 0 Å². The summed E-state index contributed by atoms with van der Waals surface area (Å²) in [5, 5.41) is 0.648. The number of aromatic nitrogens is 2. The highest BCUT2D eigenvalue weighted by Gasteiger charge is 2.32. The van der Waals surface area contributed by atoms with E-state index in [2.05, 4.69) is 4.98 Å². The van der Waals surface area contributed by atoms with Crippen molar-refractivity contribution >= 4 is 45.1 Å². The first-order valence-electron chi connectivity index (χ1n) is 10.2. The Bertz CT molecular complexity index is 1250. The molecule has 2 aliphatic heterocycles. The molecule has 9 nitrogen and oxygen atoms in total. The third-order valence-corrected chi connectivity index (χ3v) is 7.95. The first-order valence-corrected chi connectivity index (χ1v) is 12.8. The van der Waals surface area contributed by atoms with Gasteiger partial charge in [0.25, 0.3) is 11.5 Å². The molecule has 3 heterocycles. The quantitative estimate of drug-likeness (QED) is 0.688. The number of anilines is 1. The fraction of sp³-hybridized carbons (Fsp3) is 0.450. The van der Waals surface area contributed by atoms with E-state index in [0.29, 0.717) is 54.2 Å². The maximum absolute atomic E-state index is 13.3. The van der Waals surface area contributed by atoms with Gasteiger partial charge in [-0.1, -0.05) is 23.2 Å². The van der Waals surface area contributed by atoms with Crippen LogP contribution in [0.1, 0.15) is 40.5 Å². The number of halogens is 2. The molecular weight excluding hydrogens is 477 g/mol. The average Bonchev–Trinajstić information content (AvgIpc) is 2.74. The zero-order valence-corrected chi connectivity index (χ0v) is 19.8. The van der Waals surface area contributed by atoms with Gasteiger partial charge in [-0.2, -0.15) is 0 Å². The highest BCUT2D eigenvalue weighted by atomic mass is 35.5. The van der Waals surface area contributed by atoms with Crippen LogP contribution in [0.2, 0.25) is 10.0 Å². The fourth-order valence-corrected chi connectivity index (χ4v) is 5.49. The standard InChI is InChI=1S/C20H23Cl2N5O4S/c1-32(30,31)26-7-2-3-13(10-26)27-19(29)14-6-8-25(11-17(14)24-20(27)23)18(28)12-4-5-15(21)16(22)9-12/h4-5,9,13H,2-3,6-8,10-11H2,1H3,(H2,23,24). The van der Waals surface area contributed by atoms with E-state index < -0.39 is 10.0 Å². The average molecular weight is 500 g/mol. The van der Waals surface area contributed by atoms with Crippen molar-refractivity contribution in [2.45, 2.75) is 31.8 Å². The second-order valence-electron chi connectivity index (χ2n) is 8.09. The minimum Gasteiger partial charge on any atom is -0.369 e. The van der Waals surface area contributed by atoms with Crippen LogP contribution < -0.4 is 11.3 Å². The Morgan fingerprint density at radius 3 is 2.66 bits per heavy atom. The van der Waals surface area contributed by atoms with Crippen LogP contribution in [-0.4, -0.2) is 59.0 Å². The Balaban J connectivity index is 1.61. The van der Waals surface area contributed by atoms with E-state index in [-0.39, 0.29) is 41.6 Å². The summed E-state index contributed by atoms with van der Waals surface area (Å²) in [7, 11) is -3.36. The molecule has 0 radical (unpaired) electrons. The fourth-order valence-electron chi connectivity index (χ4n) is 4.29. The molecule has 0 aliphatic carbocycles. The van der Waals surface area contributed by atoms with E-state index in [4.69, 9.17) is 28.9 Å². The number of rotatable bonds is 3. The van der Waals surface area contributed by atoms with Gasteiger partial charge in [0, 0.05) is 30.8 Å². The van der Waals surface area contributed by atoms with Gasteiger partial charge in [0.15, 0.2) is 0 Å². The van der Waals surface area contributed by atoms with Gasteiger partial charge >= 0.3 is 0 Å². The molecule has 1 aromatic carbocycles. The Morgan fingerprint density at radius 1 is 1.22 bits per heavy atom. The Kier molecular flexibility index (Phi) is 6.23. The highest BCUT2D eigenvalue weighted by molar-refractivity contribution is 7.88. The van der Waals surface area contributed by atoms with Crippen molar-refractivity contribution in [1.29, 1.82) is 0 Å². The Labute approximate surface area is 195 Å². The van der Waals surface area contributed by atoms with Crippen molar-refractivity contribution in [2.24, 2.45) is 0 Å². The number of nitrogens with zero attached hydrogens (tertiary/aromatic N) is 4. The largest absolute Gasteiger partial charge is 0.369 e. The van der Waals surface area contributed by atoms with Gasteiger partial charge in [-0.25, -0.2) is 17.7 Å². The van der Waals surface area contributed by atoms with E-state index in [0.717, 1.165) is 6.26 Å². The maximum atomic E-state index is 13.3. The number of hydrogen-bond donors (Lipinski definition) is 1. The molecule has 1 atom stereocenters. The van der Waals surface area contributed by atoms with Crippen LogP contribution in [0.4, 0.5) is 5.95 Å². The number of amides is 1. The molecule has 172 valence electrons. The van der Waals surface area contributed by atoms with Crippen LogP contribution >= 0.6 is 23.2 Å². The molecular formula is C20H23Cl2N5O4S. The molecule has 0 spiro atoms. The first kappa shape index (κ1) is 23.0. The lowest BCUT2D eigenvalue weighted by molar-refractivity contribution is 0.0731. The molecule has 12 heteroatoms. The molecule has 2 aromatic rings. The van der Waals surface area contributed by atoms with Crippen molar-refractivity contribution in [3.63, 3.8) is 0 Å². The molecule has 2 N–H and O–H groups in total. The number of nitrogens with two attached hydrogens (primary N) is 1. The molecule has 4 rings (SSSR count). The van der Waals surface area contributed by atoms with E-state index in [9.17, 15) is 18.0 Å². The molecule has 32 heavy (non-hydrogen) atoms. The highest BCUT2D eigenvalue weighted by Crippen LogP contribution is 2.27. The summed E-state index contributed by atoms with van der Waals surface area (Å²) in [5.41, 5.74) is 7.24. The number of fused-ring (bicyclic) bond motifs is 1. The molecule has 1 aromatic heterocycles. The Hall–Kier alpha value is -2.14. The first-order chi connectivity index (χ1) is 15.1. The van der Waals surface area contributed by atoms with Crippen molar-refractivity contribution < 1.29 is 13.2 Å². The van der Waals surface area contributed by atoms with Crippen LogP contribution in [0, 0.1) is 0 Å². The number of carbonyl (C=O) groups excluding carboxylic acids is 1. The van der Waals surface area contributed by atoms with E-state index in [1.54, 1.807) is 17.0 Å². The minimum atomic E-state index is -3.36. The summed E-state index contributed by atoms with van der Waals surface area (Å²) >= 11 is 12.0. The molecule has 0 bridgehead atoms. The number of sulfonamides is 1. The van der Waals surface area contributed by atoms with E-state index in [1.165, 1.54) is 14.9 Å². The molecule has 2 aliphatic rings. The molecule has 1 saturated heterocycles. The van der Waals surface area contributed by atoms with Gasteiger partial charge in [0.1, 0.15) is 0 Å². The summed E-state index contributed by atoms with van der Waals surface area (Å²) in [6.07, 6.45) is 2.76. The second-order valence-corrected chi connectivity index (χ2v) is 10.9. The minimum absolute atomic E-state index is 0.0259. The van der Waals surface area contributed by atoms with Gasteiger partial charge in [0.2, 0.25) is 16.0 Å². The Morgan fingerprint density at radius 2 is 1.97 bits per heavy atom. The van der Waals surface area contributed by atoms with Gasteiger partial charge < -0.3 is 10.6 Å². The lowest BCUT2D eigenvalue weighted by Gasteiger charge is -2.34. The number of piperidine rings is 1. The van der Waals surface area contributed by atoms with Crippen LogP contribution in [0.15, 0.2) is 23.0 Å². The van der Waals surface area contributed by atoms with Crippen LogP contribution in [0.25, 0.3) is 0 Å². The molecule has 1 unspecified atom stereocenters. The normalized spacial score (nSPS) is 19.6. The third-order valence-electron chi connectivity index (χ3n) is 5.94. The van der Waals surface area contributed by atoms with Gasteiger partial charge in [-0.3, -0.25) is 14.2 Å². The third kappa shape index (κ3) is 4.36. The molecule has 0 saturated carbocycles. The van der Waals surface area contributed by atoms with E-state index >= 15 is 0 Å². The predicted molar refractivity (Wildman–Crippen MR) is 123 cm³/mol. The smallest absolute Gasteiger partial charge is 0.258 e.